The number of amides is 3. The quantitative estimate of drug-likeness (QED) is 0.752. The zero-order chi connectivity index (χ0) is 20.2. The molecule has 5 rings (SSSR count). The fourth-order valence-corrected chi connectivity index (χ4v) is 6.21. The van der Waals surface area contributed by atoms with E-state index in [1.54, 1.807) is 15.0 Å². The van der Waals surface area contributed by atoms with Crippen LogP contribution in [0.15, 0.2) is 24.5 Å². The van der Waals surface area contributed by atoms with Crippen molar-refractivity contribution in [3.63, 3.8) is 0 Å². The van der Waals surface area contributed by atoms with Gasteiger partial charge in [-0.15, -0.1) is 0 Å². The molecule has 0 aliphatic carbocycles. The first kappa shape index (κ1) is 18.5. The summed E-state index contributed by atoms with van der Waals surface area (Å²) in [5.74, 6) is -0.0201. The van der Waals surface area contributed by atoms with E-state index in [-0.39, 0.29) is 24.1 Å². The lowest BCUT2D eigenvalue weighted by molar-refractivity contribution is -0.120. The Balaban J connectivity index is 1.35. The molecule has 2 aromatic rings. The Hall–Kier alpha value is -2.50. The molecule has 3 aliphatic heterocycles. The predicted molar refractivity (Wildman–Crippen MR) is 105 cm³/mol. The molecule has 0 spiro atoms. The number of rotatable bonds is 3. The molecular weight excluding hydrogens is 396 g/mol. The number of hydrogen-bond acceptors (Lipinski definition) is 6. The zero-order valence-corrected chi connectivity index (χ0v) is 16.6. The monoisotopic (exact) mass is 418 g/mol. The minimum Gasteiger partial charge on any atom is -0.296 e. The van der Waals surface area contributed by atoms with E-state index in [9.17, 15) is 18.0 Å². The van der Waals surface area contributed by atoms with E-state index in [2.05, 4.69) is 15.3 Å². The summed E-state index contributed by atoms with van der Waals surface area (Å²) in [6, 6.07) is 3.63. The van der Waals surface area contributed by atoms with Crippen LogP contribution in [-0.2, 0) is 21.4 Å². The van der Waals surface area contributed by atoms with Gasteiger partial charge >= 0.3 is 6.03 Å². The number of urea groups is 1. The maximum absolute atomic E-state index is 12.2. The average Bonchev–Trinajstić information content (AvgIpc) is 3.22. The molecule has 29 heavy (non-hydrogen) atoms. The number of carbonyl (C=O) groups is 2. The summed E-state index contributed by atoms with van der Waals surface area (Å²) >= 11 is 0. The molecule has 3 aliphatic rings. The van der Waals surface area contributed by atoms with Crippen LogP contribution in [-0.4, -0.2) is 77.1 Å². The summed E-state index contributed by atoms with van der Waals surface area (Å²) in [7, 11) is -3.06. The van der Waals surface area contributed by atoms with Gasteiger partial charge in [-0.3, -0.25) is 19.9 Å². The highest BCUT2D eigenvalue weighted by Gasteiger charge is 2.40. The second-order valence-electron chi connectivity index (χ2n) is 7.75. The molecule has 1 atom stereocenters. The fraction of sp³-hybridized carbons (Fsp3) is 0.500. The van der Waals surface area contributed by atoms with Crippen molar-refractivity contribution in [2.45, 2.75) is 25.4 Å². The number of piperazine rings is 1. The highest BCUT2D eigenvalue weighted by molar-refractivity contribution is 7.89. The number of nitrogens with one attached hydrogen (secondary N) is 1. The standard InChI is InChI=1S/C18H22N6O4S/c25-17-2-4-22(18(26)20-17)16-10-19-23-5-1-13(9-15(16)23)11-21-6-7-24-14(12-21)3-8-29(24,27)28/h1,5,9-10,14H,2-4,6-8,11-12H2,(H,20,25,26)/t14-/m0/s1. The van der Waals surface area contributed by atoms with Crippen LogP contribution in [0.25, 0.3) is 5.52 Å². The Labute approximate surface area is 168 Å². The molecule has 3 saturated heterocycles. The molecule has 10 nitrogen and oxygen atoms in total. The van der Waals surface area contributed by atoms with Crippen LogP contribution < -0.4 is 10.2 Å². The minimum absolute atomic E-state index is 0.0672. The van der Waals surface area contributed by atoms with Crippen molar-refractivity contribution in [1.29, 1.82) is 0 Å². The fourth-order valence-electron chi connectivity index (χ4n) is 4.42. The number of pyridine rings is 1. The van der Waals surface area contributed by atoms with Crippen molar-refractivity contribution in [3.8, 4) is 0 Å². The molecule has 5 heterocycles. The topological polar surface area (TPSA) is 107 Å². The van der Waals surface area contributed by atoms with Crippen LogP contribution in [0.5, 0.6) is 0 Å². The maximum Gasteiger partial charge on any atom is 0.328 e. The number of nitrogens with zero attached hydrogens (tertiary/aromatic N) is 5. The van der Waals surface area contributed by atoms with Gasteiger partial charge in [0, 0.05) is 51.4 Å². The summed E-state index contributed by atoms with van der Waals surface area (Å²) in [4.78, 5) is 27.4. The number of imide groups is 1. The summed E-state index contributed by atoms with van der Waals surface area (Å²) in [6.45, 7) is 3.00. The van der Waals surface area contributed by atoms with Crippen molar-refractivity contribution >= 4 is 33.2 Å². The van der Waals surface area contributed by atoms with Crippen molar-refractivity contribution < 1.29 is 18.0 Å². The Morgan fingerprint density at radius 2 is 2.07 bits per heavy atom. The minimum atomic E-state index is -3.06. The molecular formula is C18H22N6O4S. The molecule has 0 unspecified atom stereocenters. The van der Waals surface area contributed by atoms with Crippen molar-refractivity contribution in [2.75, 3.05) is 36.8 Å². The second-order valence-corrected chi connectivity index (χ2v) is 9.80. The van der Waals surface area contributed by atoms with Crippen molar-refractivity contribution in [1.82, 2.24) is 24.1 Å². The van der Waals surface area contributed by atoms with E-state index in [4.69, 9.17) is 0 Å². The van der Waals surface area contributed by atoms with Crippen molar-refractivity contribution in [2.24, 2.45) is 0 Å². The number of hydrogen-bond donors (Lipinski definition) is 1. The van der Waals surface area contributed by atoms with E-state index in [0.717, 1.165) is 17.6 Å². The Morgan fingerprint density at radius 3 is 2.90 bits per heavy atom. The van der Waals surface area contributed by atoms with Gasteiger partial charge in [0.25, 0.3) is 0 Å². The lowest BCUT2D eigenvalue weighted by Gasteiger charge is -2.36. The summed E-state index contributed by atoms with van der Waals surface area (Å²) in [6.07, 6.45) is 4.44. The van der Waals surface area contributed by atoms with E-state index in [1.807, 2.05) is 18.3 Å². The van der Waals surface area contributed by atoms with E-state index in [0.29, 0.717) is 38.3 Å². The van der Waals surface area contributed by atoms with Gasteiger partial charge in [0.1, 0.15) is 0 Å². The molecule has 1 N–H and O–H groups in total. The van der Waals surface area contributed by atoms with Gasteiger partial charge in [-0.1, -0.05) is 0 Å². The number of carbonyl (C=O) groups excluding carboxylic acids is 2. The highest BCUT2D eigenvalue weighted by atomic mass is 32.2. The molecule has 0 bridgehead atoms. The first-order valence-corrected chi connectivity index (χ1v) is 11.3. The molecule has 0 saturated carbocycles. The first-order valence-electron chi connectivity index (χ1n) is 9.70. The SMILES string of the molecule is O=C1CCN(c2cnn3ccc(CN4CCN5[C@@H](CCS5(=O)=O)C4)cc23)C(=O)N1. The third kappa shape index (κ3) is 3.28. The van der Waals surface area contributed by atoms with Gasteiger partial charge in [0.05, 0.1) is 23.2 Å². The molecule has 3 amide bonds. The van der Waals surface area contributed by atoms with E-state index >= 15 is 0 Å². The number of fused-ring (bicyclic) bond motifs is 2. The maximum atomic E-state index is 12.2. The number of anilines is 1. The summed E-state index contributed by atoms with van der Waals surface area (Å²) < 4.78 is 27.5. The summed E-state index contributed by atoms with van der Waals surface area (Å²) in [5, 5.41) is 6.66. The molecule has 11 heteroatoms. The zero-order valence-electron chi connectivity index (χ0n) is 15.8. The molecule has 0 radical (unpaired) electrons. The predicted octanol–water partition coefficient (Wildman–Crippen LogP) is 0.000300. The van der Waals surface area contributed by atoms with Crippen LogP contribution in [0.4, 0.5) is 10.5 Å². The lowest BCUT2D eigenvalue weighted by Crippen LogP contribution is -2.50. The molecule has 0 aromatic carbocycles. The largest absolute Gasteiger partial charge is 0.328 e. The lowest BCUT2D eigenvalue weighted by atomic mass is 10.1. The van der Waals surface area contributed by atoms with E-state index in [1.165, 1.54) is 4.90 Å². The second kappa shape index (κ2) is 6.78. The van der Waals surface area contributed by atoms with Crippen LogP contribution in [0.3, 0.4) is 0 Å². The number of sulfonamides is 1. The Kier molecular flexibility index (Phi) is 4.33. The van der Waals surface area contributed by atoms with Crippen LogP contribution >= 0.6 is 0 Å². The highest BCUT2D eigenvalue weighted by Crippen LogP contribution is 2.27. The van der Waals surface area contributed by atoms with Gasteiger partial charge in [0.2, 0.25) is 15.9 Å². The van der Waals surface area contributed by atoms with Crippen LogP contribution in [0.1, 0.15) is 18.4 Å². The van der Waals surface area contributed by atoms with Crippen molar-refractivity contribution in [3.05, 3.63) is 30.1 Å². The molecule has 3 fully saturated rings. The van der Waals surface area contributed by atoms with Gasteiger partial charge < -0.3 is 0 Å². The average molecular weight is 418 g/mol. The van der Waals surface area contributed by atoms with Crippen LogP contribution in [0.2, 0.25) is 0 Å². The Morgan fingerprint density at radius 1 is 1.21 bits per heavy atom. The molecule has 154 valence electrons. The first-order chi connectivity index (χ1) is 13.9. The van der Waals surface area contributed by atoms with Crippen LogP contribution in [0, 0.1) is 0 Å². The third-order valence-corrected chi connectivity index (χ3v) is 7.84. The number of aromatic nitrogens is 2. The van der Waals surface area contributed by atoms with E-state index < -0.39 is 16.1 Å². The summed E-state index contributed by atoms with van der Waals surface area (Å²) in [5.41, 5.74) is 2.54. The Bertz CT molecular complexity index is 1100. The van der Waals surface area contributed by atoms with Gasteiger partial charge in [0.15, 0.2) is 0 Å². The van der Waals surface area contributed by atoms with Gasteiger partial charge in [-0.25, -0.2) is 17.7 Å². The molecule has 2 aromatic heterocycles. The van der Waals surface area contributed by atoms with Gasteiger partial charge in [-0.2, -0.15) is 9.40 Å². The smallest absolute Gasteiger partial charge is 0.296 e. The third-order valence-electron chi connectivity index (χ3n) is 5.90. The van der Waals surface area contributed by atoms with Gasteiger partial charge in [-0.05, 0) is 24.1 Å². The normalized spacial score (nSPS) is 25.4.